The highest BCUT2D eigenvalue weighted by molar-refractivity contribution is 5.80. The normalized spacial score (nSPS) is 28.6. The van der Waals surface area contributed by atoms with Gasteiger partial charge in [0.05, 0.1) is 0 Å². The average molecular weight is 294 g/mol. The van der Waals surface area contributed by atoms with Gasteiger partial charge in [0.2, 0.25) is 0 Å². The highest BCUT2D eigenvalue weighted by Gasteiger charge is 2.52. The Kier molecular flexibility index (Phi) is 4.28. The predicted molar refractivity (Wildman–Crippen MR) is 83.3 cm³/mol. The molecule has 1 aliphatic heterocycles. The zero-order valence-corrected chi connectivity index (χ0v) is 13.4. The lowest BCUT2D eigenvalue weighted by molar-refractivity contribution is -0.147. The minimum absolute atomic E-state index is 0.331. The smallest absolute Gasteiger partial charge is 0.325 e. The van der Waals surface area contributed by atoms with Crippen LogP contribution in [-0.2, 0) is 4.79 Å². The quantitative estimate of drug-likeness (QED) is 0.790. The summed E-state index contributed by atoms with van der Waals surface area (Å²) in [6, 6.07) is 0. The monoisotopic (exact) mass is 294 g/mol. The van der Waals surface area contributed by atoms with Gasteiger partial charge in [-0.15, -0.1) is 0 Å². The molecule has 1 unspecified atom stereocenters. The summed E-state index contributed by atoms with van der Waals surface area (Å²) in [7, 11) is 0. The van der Waals surface area contributed by atoms with Crippen molar-refractivity contribution >= 4 is 5.97 Å². The summed E-state index contributed by atoms with van der Waals surface area (Å²) in [4.78, 5) is 14.3. The number of carbonyl (C=O) groups is 1. The number of carboxylic acids is 1. The Labute approximate surface area is 128 Å². The van der Waals surface area contributed by atoms with Gasteiger partial charge < -0.3 is 15.3 Å². The van der Waals surface area contributed by atoms with Crippen molar-refractivity contribution < 1.29 is 9.90 Å². The van der Waals surface area contributed by atoms with Crippen molar-refractivity contribution in [1.29, 1.82) is 0 Å². The van der Waals surface area contributed by atoms with Crippen LogP contribution in [0.2, 0.25) is 0 Å². The zero-order chi connectivity index (χ0) is 14.9. The number of likely N-dealkylation sites (N-methyl/N-ethyl adjacent to an activating group) is 1. The fourth-order valence-electron chi connectivity index (χ4n) is 4.70. The molecule has 2 aliphatic carbocycles. The number of likely N-dealkylation sites (tertiary alicyclic amines) is 1. The molecule has 0 aromatic rings. The van der Waals surface area contributed by atoms with Crippen molar-refractivity contribution in [3.63, 3.8) is 0 Å². The van der Waals surface area contributed by atoms with Gasteiger partial charge in [0, 0.05) is 6.54 Å². The first-order valence-electron chi connectivity index (χ1n) is 8.81. The van der Waals surface area contributed by atoms with Gasteiger partial charge in [-0.3, -0.25) is 4.79 Å². The first-order valence-corrected chi connectivity index (χ1v) is 8.81. The molecule has 0 aromatic carbocycles. The van der Waals surface area contributed by atoms with E-state index in [-0.39, 0.29) is 0 Å². The number of hydrogen-bond acceptors (Lipinski definition) is 3. The molecule has 4 nitrogen and oxygen atoms in total. The minimum Gasteiger partial charge on any atom is -0.480 e. The number of carboxylic acid groups (broad SMARTS) is 1. The van der Waals surface area contributed by atoms with Crippen LogP contribution in [0.1, 0.15) is 58.3 Å². The average Bonchev–Trinajstić information content (AvgIpc) is 3.23. The van der Waals surface area contributed by atoms with Gasteiger partial charge >= 0.3 is 5.97 Å². The van der Waals surface area contributed by atoms with Crippen LogP contribution in [0.5, 0.6) is 0 Å². The van der Waals surface area contributed by atoms with Gasteiger partial charge in [-0.2, -0.15) is 0 Å². The fraction of sp³-hybridized carbons (Fsp3) is 0.941. The lowest BCUT2D eigenvalue weighted by atomic mass is 9.76. The molecule has 1 saturated heterocycles. The molecule has 2 N–H and O–H groups in total. The molecule has 120 valence electrons. The number of nitrogens with zero attached hydrogens (tertiary/aromatic N) is 1. The number of piperidine rings is 1. The van der Waals surface area contributed by atoms with Crippen LogP contribution in [0.15, 0.2) is 0 Å². The Morgan fingerprint density at radius 3 is 2.33 bits per heavy atom. The van der Waals surface area contributed by atoms with Crippen molar-refractivity contribution in [3.8, 4) is 0 Å². The molecule has 0 amide bonds. The molecule has 3 aliphatic rings. The first kappa shape index (κ1) is 15.3. The number of aliphatic carboxylic acids is 1. The van der Waals surface area contributed by atoms with Crippen molar-refractivity contribution in [2.75, 3.05) is 26.2 Å². The van der Waals surface area contributed by atoms with E-state index in [2.05, 4.69) is 10.2 Å². The van der Waals surface area contributed by atoms with Crippen LogP contribution >= 0.6 is 0 Å². The van der Waals surface area contributed by atoms with Gasteiger partial charge in [-0.1, -0.05) is 19.8 Å². The molecule has 4 heteroatoms. The van der Waals surface area contributed by atoms with E-state index >= 15 is 0 Å². The van der Waals surface area contributed by atoms with E-state index in [1.807, 2.05) is 6.92 Å². The van der Waals surface area contributed by atoms with Crippen LogP contribution in [0.25, 0.3) is 0 Å². The summed E-state index contributed by atoms with van der Waals surface area (Å²) >= 11 is 0. The third kappa shape index (κ3) is 2.98. The Bertz CT molecular complexity index is 378. The second kappa shape index (κ2) is 5.88. The van der Waals surface area contributed by atoms with Crippen LogP contribution in [0.4, 0.5) is 0 Å². The fourth-order valence-corrected chi connectivity index (χ4v) is 4.70. The Hall–Kier alpha value is -0.610. The Balaban J connectivity index is 1.62. The van der Waals surface area contributed by atoms with E-state index < -0.39 is 11.5 Å². The third-order valence-corrected chi connectivity index (χ3v) is 6.20. The summed E-state index contributed by atoms with van der Waals surface area (Å²) in [6.45, 7) is 5.63. The van der Waals surface area contributed by atoms with E-state index in [0.717, 1.165) is 32.5 Å². The third-order valence-electron chi connectivity index (χ3n) is 6.20. The molecule has 2 saturated carbocycles. The van der Waals surface area contributed by atoms with Gasteiger partial charge in [0.25, 0.3) is 0 Å². The second-order valence-electron chi connectivity index (χ2n) is 7.56. The van der Waals surface area contributed by atoms with E-state index in [9.17, 15) is 9.90 Å². The van der Waals surface area contributed by atoms with E-state index in [1.54, 1.807) is 0 Å². The SMILES string of the molecule is CCNC(CN1CCC2(CCCC2)CC1)(C(=O)O)C1CC1. The highest BCUT2D eigenvalue weighted by atomic mass is 16.4. The van der Waals surface area contributed by atoms with Gasteiger partial charge in [-0.25, -0.2) is 0 Å². The topological polar surface area (TPSA) is 52.6 Å². The molecular formula is C17H30N2O2. The molecule has 0 bridgehead atoms. The summed E-state index contributed by atoms with van der Waals surface area (Å²) in [5.74, 6) is -0.315. The lowest BCUT2D eigenvalue weighted by Gasteiger charge is -2.43. The van der Waals surface area contributed by atoms with Crippen molar-refractivity contribution in [1.82, 2.24) is 10.2 Å². The first-order chi connectivity index (χ1) is 10.1. The Morgan fingerprint density at radius 2 is 1.86 bits per heavy atom. The molecular weight excluding hydrogens is 264 g/mol. The van der Waals surface area contributed by atoms with Gasteiger partial charge in [-0.05, 0) is 69.5 Å². The van der Waals surface area contributed by atoms with Crippen LogP contribution in [-0.4, -0.2) is 47.7 Å². The highest BCUT2D eigenvalue weighted by Crippen LogP contribution is 2.47. The summed E-state index contributed by atoms with van der Waals surface area (Å²) < 4.78 is 0. The number of hydrogen-bond donors (Lipinski definition) is 2. The van der Waals surface area contributed by atoms with E-state index in [4.69, 9.17) is 0 Å². The molecule has 3 fully saturated rings. The molecule has 0 aromatic heterocycles. The number of rotatable bonds is 6. The molecule has 1 spiro atoms. The summed E-state index contributed by atoms with van der Waals surface area (Å²) in [5, 5.41) is 13.1. The van der Waals surface area contributed by atoms with Crippen LogP contribution in [0.3, 0.4) is 0 Å². The van der Waals surface area contributed by atoms with Gasteiger partial charge in [0.15, 0.2) is 0 Å². The maximum Gasteiger partial charge on any atom is 0.325 e. The van der Waals surface area contributed by atoms with Crippen molar-refractivity contribution in [3.05, 3.63) is 0 Å². The molecule has 1 atom stereocenters. The maximum atomic E-state index is 11.9. The van der Waals surface area contributed by atoms with E-state index in [0.29, 0.717) is 17.9 Å². The minimum atomic E-state index is -0.699. The maximum absolute atomic E-state index is 11.9. The molecule has 0 radical (unpaired) electrons. The molecule has 1 heterocycles. The largest absolute Gasteiger partial charge is 0.480 e. The molecule has 3 rings (SSSR count). The predicted octanol–water partition coefficient (Wildman–Crippen LogP) is 2.49. The van der Waals surface area contributed by atoms with E-state index in [1.165, 1.54) is 38.5 Å². The Morgan fingerprint density at radius 1 is 1.24 bits per heavy atom. The van der Waals surface area contributed by atoms with Crippen LogP contribution < -0.4 is 5.32 Å². The lowest BCUT2D eigenvalue weighted by Crippen LogP contribution is -2.61. The van der Waals surface area contributed by atoms with Crippen LogP contribution in [0, 0.1) is 11.3 Å². The standard InChI is InChI=1S/C17H30N2O2/c1-2-18-17(15(20)21,14-5-6-14)13-19-11-9-16(10-12-19)7-3-4-8-16/h14,18H,2-13H2,1H3,(H,20,21). The number of nitrogens with one attached hydrogen (secondary N) is 1. The second-order valence-corrected chi connectivity index (χ2v) is 7.56. The van der Waals surface area contributed by atoms with Crippen molar-refractivity contribution in [2.24, 2.45) is 11.3 Å². The van der Waals surface area contributed by atoms with Gasteiger partial charge in [0.1, 0.15) is 5.54 Å². The summed E-state index contributed by atoms with van der Waals surface area (Å²) in [5.41, 5.74) is -0.0882. The zero-order valence-electron chi connectivity index (χ0n) is 13.4. The summed E-state index contributed by atoms with van der Waals surface area (Å²) in [6.07, 6.45) is 10.3. The van der Waals surface area contributed by atoms with Crippen molar-refractivity contribution in [2.45, 2.75) is 63.8 Å². The molecule has 21 heavy (non-hydrogen) atoms.